The molecule has 1 heterocycles. The standard InChI is InChI=1S/C19H16N2O3S/c1-12-7-3-4-8-13(12)11-16-17(22)21-19(25-16)20-15-10-6-5-9-14(15)18(23)24-2/h3-11H,1-2H3,(H,20,21,22)/b16-11-. The number of hydrogen-bond acceptors (Lipinski definition) is 5. The summed E-state index contributed by atoms with van der Waals surface area (Å²) in [6.07, 6.45) is 1.84. The lowest BCUT2D eigenvalue weighted by Gasteiger charge is -2.03. The van der Waals surface area contributed by atoms with Crippen molar-refractivity contribution in [2.75, 3.05) is 7.11 Å². The Kier molecular flexibility index (Phi) is 5.00. The molecule has 0 unspecified atom stereocenters. The van der Waals surface area contributed by atoms with E-state index in [4.69, 9.17) is 4.74 Å². The first-order valence-electron chi connectivity index (χ1n) is 7.61. The molecule has 6 heteroatoms. The normalized spacial score (nSPS) is 17.0. The first-order chi connectivity index (χ1) is 12.1. The molecule has 126 valence electrons. The molecule has 5 nitrogen and oxygen atoms in total. The smallest absolute Gasteiger partial charge is 0.340 e. The van der Waals surface area contributed by atoms with Crippen LogP contribution in [0.3, 0.4) is 0 Å². The summed E-state index contributed by atoms with van der Waals surface area (Å²) in [5, 5.41) is 3.16. The Morgan fingerprint density at radius 2 is 1.88 bits per heavy atom. The second-order valence-corrected chi connectivity index (χ2v) is 6.38. The number of ether oxygens (including phenoxy) is 1. The van der Waals surface area contributed by atoms with Crippen LogP contribution in [0.4, 0.5) is 5.69 Å². The van der Waals surface area contributed by atoms with Gasteiger partial charge in [0.05, 0.1) is 23.3 Å². The van der Waals surface area contributed by atoms with E-state index in [2.05, 4.69) is 10.3 Å². The van der Waals surface area contributed by atoms with E-state index in [9.17, 15) is 9.59 Å². The maximum Gasteiger partial charge on any atom is 0.340 e. The summed E-state index contributed by atoms with van der Waals surface area (Å²) in [5.41, 5.74) is 2.87. The Bertz CT molecular complexity index is 903. The van der Waals surface area contributed by atoms with Gasteiger partial charge in [-0.3, -0.25) is 4.79 Å². The molecule has 0 aliphatic carbocycles. The van der Waals surface area contributed by atoms with E-state index in [0.717, 1.165) is 11.1 Å². The van der Waals surface area contributed by atoms with Gasteiger partial charge in [0, 0.05) is 0 Å². The average Bonchev–Trinajstić information content (AvgIpc) is 2.96. The van der Waals surface area contributed by atoms with Crippen molar-refractivity contribution in [3.8, 4) is 0 Å². The van der Waals surface area contributed by atoms with Crippen LogP contribution in [0.1, 0.15) is 21.5 Å². The fourth-order valence-corrected chi connectivity index (χ4v) is 3.16. The van der Waals surface area contributed by atoms with Gasteiger partial charge in [-0.05, 0) is 48.0 Å². The van der Waals surface area contributed by atoms with Crippen molar-refractivity contribution in [2.45, 2.75) is 6.92 Å². The topological polar surface area (TPSA) is 67.8 Å². The van der Waals surface area contributed by atoms with Crippen molar-refractivity contribution in [3.05, 3.63) is 70.1 Å². The van der Waals surface area contributed by atoms with E-state index in [-0.39, 0.29) is 5.91 Å². The second-order valence-electron chi connectivity index (χ2n) is 5.35. The minimum atomic E-state index is -0.468. The van der Waals surface area contributed by atoms with Crippen molar-refractivity contribution in [1.82, 2.24) is 5.32 Å². The van der Waals surface area contributed by atoms with Crippen LogP contribution < -0.4 is 5.32 Å². The molecular weight excluding hydrogens is 336 g/mol. The van der Waals surface area contributed by atoms with E-state index in [1.165, 1.54) is 18.9 Å². The molecule has 0 aromatic heterocycles. The number of thioether (sulfide) groups is 1. The van der Waals surface area contributed by atoms with E-state index >= 15 is 0 Å². The summed E-state index contributed by atoms with van der Waals surface area (Å²) in [6, 6.07) is 14.7. The first kappa shape index (κ1) is 17.0. The van der Waals surface area contributed by atoms with E-state index in [0.29, 0.717) is 21.3 Å². The molecule has 2 aromatic rings. The van der Waals surface area contributed by atoms with E-state index in [1.807, 2.05) is 37.3 Å². The molecule has 0 saturated carbocycles. The van der Waals surface area contributed by atoms with Crippen LogP contribution in [0.15, 0.2) is 58.4 Å². The minimum absolute atomic E-state index is 0.206. The molecule has 0 radical (unpaired) electrons. The number of nitrogens with zero attached hydrogens (tertiary/aromatic N) is 1. The van der Waals surface area contributed by atoms with Crippen molar-refractivity contribution >= 4 is 40.6 Å². The lowest BCUT2D eigenvalue weighted by atomic mass is 10.1. The predicted molar refractivity (Wildman–Crippen MR) is 99.8 cm³/mol. The predicted octanol–water partition coefficient (Wildman–Crippen LogP) is 3.67. The Morgan fingerprint density at radius 1 is 1.16 bits per heavy atom. The quantitative estimate of drug-likeness (QED) is 0.676. The zero-order valence-corrected chi connectivity index (χ0v) is 14.6. The van der Waals surface area contributed by atoms with Gasteiger partial charge in [0.25, 0.3) is 5.91 Å². The number of hydrogen-bond donors (Lipinski definition) is 1. The number of aliphatic imine (C=N–C) groups is 1. The Labute approximate surface area is 149 Å². The molecule has 0 bridgehead atoms. The summed E-state index contributed by atoms with van der Waals surface area (Å²) in [6.45, 7) is 1.99. The number of rotatable bonds is 3. The highest BCUT2D eigenvalue weighted by molar-refractivity contribution is 8.18. The van der Waals surface area contributed by atoms with E-state index in [1.54, 1.807) is 24.3 Å². The highest BCUT2D eigenvalue weighted by Gasteiger charge is 2.24. The van der Waals surface area contributed by atoms with Gasteiger partial charge in [-0.1, -0.05) is 36.4 Å². The number of nitrogens with one attached hydrogen (secondary N) is 1. The van der Waals surface area contributed by atoms with Gasteiger partial charge in [0.1, 0.15) is 0 Å². The van der Waals surface area contributed by atoms with Crippen LogP contribution in [-0.2, 0) is 9.53 Å². The van der Waals surface area contributed by atoms with Crippen molar-refractivity contribution < 1.29 is 14.3 Å². The molecule has 1 N–H and O–H groups in total. The molecule has 2 aromatic carbocycles. The van der Waals surface area contributed by atoms with Crippen molar-refractivity contribution in [2.24, 2.45) is 4.99 Å². The molecule has 0 spiro atoms. The average molecular weight is 352 g/mol. The summed E-state index contributed by atoms with van der Waals surface area (Å²) in [7, 11) is 1.32. The van der Waals surface area contributed by atoms with Crippen LogP contribution in [-0.4, -0.2) is 24.2 Å². The van der Waals surface area contributed by atoms with Gasteiger partial charge in [-0.2, -0.15) is 0 Å². The molecule has 0 atom stereocenters. The minimum Gasteiger partial charge on any atom is -0.465 e. The third kappa shape index (κ3) is 3.80. The molecule has 1 aliphatic heterocycles. The largest absolute Gasteiger partial charge is 0.465 e. The summed E-state index contributed by atoms with van der Waals surface area (Å²) < 4.78 is 4.76. The molecular formula is C19H16N2O3S. The van der Waals surface area contributed by atoms with Gasteiger partial charge in [0.2, 0.25) is 0 Å². The highest BCUT2D eigenvalue weighted by Crippen LogP contribution is 2.29. The van der Waals surface area contributed by atoms with Crippen LogP contribution >= 0.6 is 11.8 Å². The monoisotopic (exact) mass is 352 g/mol. The van der Waals surface area contributed by atoms with Crippen molar-refractivity contribution in [1.29, 1.82) is 0 Å². The Balaban J connectivity index is 1.90. The first-order valence-corrected chi connectivity index (χ1v) is 8.42. The van der Waals surface area contributed by atoms with Crippen LogP contribution in [0.2, 0.25) is 0 Å². The zero-order chi connectivity index (χ0) is 17.8. The van der Waals surface area contributed by atoms with Gasteiger partial charge < -0.3 is 10.1 Å². The van der Waals surface area contributed by atoms with Crippen molar-refractivity contribution in [3.63, 3.8) is 0 Å². The third-order valence-electron chi connectivity index (χ3n) is 3.66. The second kappa shape index (κ2) is 7.36. The number of amidine groups is 1. The molecule has 1 fully saturated rings. The van der Waals surface area contributed by atoms with Gasteiger partial charge in [-0.15, -0.1) is 0 Å². The number of carbonyl (C=O) groups is 2. The van der Waals surface area contributed by atoms with Gasteiger partial charge >= 0.3 is 5.97 Å². The van der Waals surface area contributed by atoms with Gasteiger partial charge in [0.15, 0.2) is 5.17 Å². The summed E-state index contributed by atoms with van der Waals surface area (Å²) in [4.78, 5) is 29.0. The molecule has 1 saturated heterocycles. The Morgan fingerprint density at radius 3 is 2.64 bits per heavy atom. The van der Waals surface area contributed by atoms with Crippen LogP contribution in [0.5, 0.6) is 0 Å². The maximum absolute atomic E-state index is 12.2. The lowest BCUT2D eigenvalue weighted by Crippen LogP contribution is -2.19. The summed E-state index contributed by atoms with van der Waals surface area (Å²) in [5.74, 6) is -0.674. The fourth-order valence-electron chi connectivity index (χ4n) is 2.33. The molecule has 1 aliphatic rings. The number of esters is 1. The molecule has 1 amide bonds. The SMILES string of the molecule is COC(=O)c1ccccc1N=C1NC(=O)/C(=C/c2ccccc2C)S1. The number of amides is 1. The number of carbonyl (C=O) groups excluding carboxylic acids is 2. The third-order valence-corrected chi connectivity index (χ3v) is 4.57. The van der Waals surface area contributed by atoms with Gasteiger partial charge in [-0.25, -0.2) is 9.79 Å². The number of methoxy groups -OCH3 is 1. The zero-order valence-electron chi connectivity index (χ0n) is 13.8. The number of aryl methyl sites for hydroxylation is 1. The molecule has 3 rings (SSSR count). The summed E-state index contributed by atoms with van der Waals surface area (Å²) >= 11 is 1.24. The molecule has 25 heavy (non-hydrogen) atoms. The number of para-hydroxylation sites is 1. The van der Waals surface area contributed by atoms with Crippen LogP contribution in [0, 0.1) is 6.92 Å². The number of benzene rings is 2. The van der Waals surface area contributed by atoms with E-state index < -0.39 is 5.97 Å². The highest BCUT2D eigenvalue weighted by atomic mass is 32.2. The fraction of sp³-hybridized carbons (Fsp3) is 0.105. The Hall–Kier alpha value is -2.86. The lowest BCUT2D eigenvalue weighted by molar-refractivity contribution is -0.115. The van der Waals surface area contributed by atoms with Crippen LogP contribution in [0.25, 0.3) is 6.08 Å². The maximum atomic E-state index is 12.2.